The van der Waals surface area contributed by atoms with Gasteiger partial charge in [-0.25, -0.2) is 0 Å². The molecule has 0 radical (unpaired) electrons. The Labute approximate surface area is 122 Å². The summed E-state index contributed by atoms with van der Waals surface area (Å²) in [5, 5.41) is 3.59. The van der Waals surface area contributed by atoms with E-state index in [0.29, 0.717) is 6.04 Å². The minimum atomic E-state index is 0.464. The van der Waals surface area contributed by atoms with E-state index < -0.39 is 0 Å². The van der Waals surface area contributed by atoms with Crippen LogP contribution in [0.25, 0.3) is 0 Å². The third-order valence-electron chi connectivity index (χ3n) is 4.16. The Balaban J connectivity index is 1.90. The molecule has 1 aromatic carbocycles. The Bertz CT molecular complexity index is 388. The molecule has 3 heteroatoms. The van der Waals surface area contributed by atoms with Gasteiger partial charge in [0.15, 0.2) is 0 Å². The van der Waals surface area contributed by atoms with Gasteiger partial charge in [-0.1, -0.05) is 32.3 Å². The van der Waals surface area contributed by atoms with Gasteiger partial charge in [0.2, 0.25) is 0 Å². The molecule has 1 aromatic rings. The highest BCUT2D eigenvalue weighted by molar-refractivity contribution is 5.32. The van der Waals surface area contributed by atoms with Crippen LogP contribution in [-0.2, 0) is 0 Å². The lowest BCUT2D eigenvalue weighted by atomic mass is 9.84. The molecule has 1 fully saturated rings. The van der Waals surface area contributed by atoms with Crippen molar-refractivity contribution >= 4 is 0 Å². The molecule has 1 aliphatic carbocycles. The van der Waals surface area contributed by atoms with Crippen LogP contribution in [0.3, 0.4) is 0 Å². The van der Waals surface area contributed by atoms with E-state index in [0.717, 1.165) is 30.6 Å². The molecule has 2 rings (SSSR count). The van der Waals surface area contributed by atoms with E-state index in [-0.39, 0.29) is 0 Å². The predicted molar refractivity (Wildman–Crippen MR) is 82.5 cm³/mol. The largest absolute Gasteiger partial charge is 0.497 e. The van der Waals surface area contributed by atoms with Crippen LogP contribution < -0.4 is 14.8 Å². The molecule has 3 nitrogen and oxygen atoms in total. The monoisotopic (exact) mass is 277 g/mol. The van der Waals surface area contributed by atoms with Crippen LogP contribution in [-0.4, -0.2) is 26.3 Å². The summed E-state index contributed by atoms with van der Waals surface area (Å²) in [5.74, 6) is 2.50. The van der Waals surface area contributed by atoms with E-state index in [1.54, 1.807) is 7.11 Å². The first-order valence-corrected chi connectivity index (χ1v) is 7.83. The molecule has 1 atom stereocenters. The van der Waals surface area contributed by atoms with Crippen LogP contribution in [0.4, 0.5) is 0 Å². The first kappa shape index (κ1) is 15.2. The van der Waals surface area contributed by atoms with Crippen LogP contribution in [0, 0.1) is 5.92 Å². The van der Waals surface area contributed by atoms with Crippen molar-refractivity contribution in [2.24, 2.45) is 5.92 Å². The van der Waals surface area contributed by atoms with Crippen LogP contribution in [0.2, 0.25) is 0 Å². The van der Waals surface area contributed by atoms with E-state index in [1.807, 2.05) is 24.3 Å². The van der Waals surface area contributed by atoms with Crippen LogP contribution in [0.1, 0.15) is 39.0 Å². The number of hydrogen-bond acceptors (Lipinski definition) is 3. The Morgan fingerprint density at radius 1 is 1.20 bits per heavy atom. The second-order valence-corrected chi connectivity index (χ2v) is 5.55. The molecule has 0 spiro atoms. The molecule has 0 aromatic heterocycles. The van der Waals surface area contributed by atoms with Crippen molar-refractivity contribution in [2.75, 3.05) is 20.3 Å². The van der Waals surface area contributed by atoms with Crippen LogP contribution in [0.15, 0.2) is 24.3 Å². The molecule has 0 aliphatic heterocycles. The second kappa shape index (κ2) is 8.15. The highest BCUT2D eigenvalue weighted by atomic mass is 16.5. The summed E-state index contributed by atoms with van der Waals surface area (Å²) in [5.41, 5.74) is 0. The van der Waals surface area contributed by atoms with Gasteiger partial charge in [0.05, 0.1) is 7.11 Å². The van der Waals surface area contributed by atoms with Gasteiger partial charge in [0, 0.05) is 12.1 Å². The van der Waals surface area contributed by atoms with Gasteiger partial charge in [0.25, 0.3) is 0 Å². The minimum absolute atomic E-state index is 0.464. The maximum absolute atomic E-state index is 5.97. The van der Waals surface area contributed by atoms with Gasteiger partial charge in [0.1, 0.15) is 18.1 Å². The van der Waals surface area contributed by atoms with E-state index >= 15 is 0 Å². The van der Waals surface area contributed by atoms with Gasteiger partial charge in [-0.05, 0) is 37.4 Å². The normalized spacial score (nSPS) is 17.7. The SMILES string of the molecule is CCNC(COc1cccc(OC)c1)C1CCCCC1. The van der Waals surface area contributed by atoms with E-state index in [4.69, 9.17) is 9.47 Å². The first-order valence-electron chi connectivity index (χ1n) is 7.83. The number of nitrogens with one attached hydrogen (secondary N) is 1. The Morgan fingerprint density at radius 3 is 2.65 bits per heavy atom. The van der Waals surface area contributed by atoms with Crippen molar-refractivity contribution in [3.05, 3.63) is 24.3 Å². The quantitative estimate of drug-likeness (QED) is 0.825. The van der Waals surface area contributed by atoms with Crippen molar-refractivity contribution in [2.45, 2.75) is 45.1 Å². The van der Waals surface area contributed by atoms with Gasteiger partial charge in [-0.3, -0.25) is 0 Å². The summed E-state index contributed by atoms with van der Waals surface area (Å²) < 4.78 is 11.2. The first-order chi connectivity index (χ1) is 9.83. The standard InChI is InChI=1S/C17H27NO2/c1-3-18-17(14-8-5-4-6-9-14)13-20-16-11-7-10-15(12-16)19-2/h7,10-12,14,17-18H,3-6,8-9,13H2,1-2H3. The molecule has 0 saturated heterocycles. The molecule has 1 saturated carbocycles. The highest BCUT2D eigenvalue weighted by Gasteiger charge is 2.23. The van der Waals surface area contributed by atoms with Crippen LogP contribution in [0.5, 0.6) is 11.5 Å². The zero-order valence-corrected chi connectivity index (χ0v) is 12.7. The van der Waals surface area contributed by atoms with Gasteiger partial charge in [-0.2, -0.15) is 0 Å². The second-order valence-electron chi connectivity index (χ2n) is 5.55. The maximum Gasteiger partial charge on any atom is 0.123 e. The summed E-state index contributed by atoms with van der Waals surface area (Å²) in [6.45, 7) is 3.91. The zero-order chi connectivity index (χ0) is 14.2. The lowest BCUT2D eigenvalue weighted by Gasteiger charge is -2.30. The number of rotatable bonds is 7. The molecule has 1 N–H and O–H groups in total. The topological polar surface area (TPSA) is 30.5 Å². The van der Waals surface area contributed by atoms with E-state index in [9.17, 15) is 0 Å². The lowest BCUT2D eigenvalue weighted by Crippen LogP contribution is -2.41. The Morgan fingerprint density at radius 2 is 1.95 bits per heavy atom. The van der Waals surface area contributed by atoms with Crippen molar-refractivity contribution in [1.29, 1.82) is 0 Å². The number of benzene rings is 1. The van der Waals surface area contributed by atoms with Crippen LogP contribution >= 0.6 is 0 Å². The molecule has 1 unspecified atom stereocenters. The van der Waals surface area contributed by atoms with E-state index in [2.05, 4.69) is 12.2 Å². The van der Waals surface area contributed by atoms with Gasteiger partial charge < -0.3 is 14.8 Å². The third kappa shape index (κ3) is 4.41. The number of hydrogen-bond donors (Lipinski definition) is 1. The number of likely N-dealkylation sites (N-methyl/N-ethyl adjacent to an activating group) is 1. The predicted octanol–water partition coefficient (Wildman–Crippen LogP) is 3.63. The van der Waals surface area contributed by atoms with Crippen molar-refractivity contribution < 1.29 is 9.47 Å². The average Bonchev–Trinajstić information content (AvgIpc) is 2.52. The average molecular weight is 277 g/mol. The zero-order valence-electron chi connectivity index (χ0n) is 12.7. The Kier molecular flexibility index (Phi) is 6.19. The van der Waals surface area contributed by atoms with E-state index in [1.165, 1.54) is 32.1 Å². The van der Waals surface area contributed by atoms with Gasteiger partial charge in [-0.15, -0.1) is 0 Å². The third-order valence-corrected chi connectivity index (χ3v) is 4.16. The summed E-state index contributed by atoms with van der Waals surface area (Å²) >= 11 is 0. The molecular formula is C17H27NO2. The summed E-state index contributed by atoms with van der Waals surface area (Å²) in [6, 6.07) is 8.31. The fourth-order valence-corrected chi connectivity index (χ4v) is 3.04. The minimum Gasteiger partial charge on any atom is -0.497 e. The summed E-state index contributed by atoms with van der Waals surface area (Å²) in [6.07, 6.45) is 6.79. The molecular weight excluding hydrogens is 250 g/mol. The molecule has 0 heterocycles. The van der Waals surface area contributed by atoms with Gasteiger partial charge >= 0.3 is 0 Å². The van der Waals surface area contributed by atoms with Crippen molar-refractivity contribution in [3.63, 3.8) is 0 Å². The summed E-state index contributed by atoms with van der Waals surface area (Å²) in [4.78, 5) is 0. The number of ether oxygens (including phenoxy) is 2. The molecule has 112 valence electrons. The fraction of sp³-hybridized carbons (Fsp3) is 0.647. The molecule has 0 bridgehead atoms. The molecule has 20 heavy (non-hydrogen) atoms. The molecule has 1 aliphatic rings. The van der Waals surface area contributed by atoms with Crippen molar-refractivity contribution in [1.82, 2.24) is 5.32 Å². The highest BCUT2D eigenvalue weighted by Crippen LogP contribution is 2.27. The van der Waals surface area contributed by atoms with Crippen molar-refractivity contribution in [3.8, 4) is 11.5 Å². The summed E-state index contributed by atoms with van der Waals surface area (Å²) in [7, 11) is 1.68. The smallest absolute Gasteiger partial charge is 0.123 e. The number of methoxy groups -OCH3 is 1. The maximum atomic E-state index is 5.97. The fourth-order valence-electron chi connectivity index (χ4n) is 3.04. The lowest BCUT2D eigenvalue weighted by molar-refractivity contribution is 0.187. The molecule has 0 amide bonds. The Hall–Kier alpha value is -1.22.